The van der Waals surface area contributed by atoms with Gasteiger partial charge in [-0.15, -0.1) is 22.7 Å². The number of thiophene rings is 2. The van der Waals surface area contributed by atoms with Gasteiger partial charge in [-0.3, -0.25) is 53.1 Å². The first-order chi connectivity index (χ1) is 44.0. The second-order valence-electron chi connectivity index (χ2n) is 23.5. The van der Waals surface area contributed by atoms with E-state index in [0.717, 1.165) is 34.6 Å². The average molecular weight is 1320 g/mol. The second kappa shape index (κ2) is 31.9. The number of aliphatic carboxylic acids is 1. The zero-order valence-electron chi connectivity index (χ0n) is 50.7. The van der Waals surface area contributed by atoms with Crippen LogP contribution in [0.25, 0.3) is 0 Å². The predicted octanol–water partition coefficient (Wildman–Crippen LogP) is -3.12. The number of carboxylic acid groups (broad SMARTS) is 1. The van der Waals surface area contributed by atoms with Crippen molar-refractivity contribution >= 4 is 105 Å². The van der Waals surface area contributed by atoms with Crippen molar-refractivity contribution in [2.45, 2.75) is 157 Å². The fraction of sp³-hybridized carbons (Fsp3) is 0.542. The number of aliphatic imine (C=N–C) groups is 3. The Morgan fingerprint density at radius 3 is 2.01 bits per heavy atom. The number of β-amino-alcohol motifs (C(OH)–C–C–N with tert-alkyl or cyclic N) is 1. The molecule has 1 aliphatic carbocycles. The van der Waals surface area contributed by atoms with E-state index in [4.69, 9.17) is 34.4 Å². The van der Waals surface area contributed by atoms with Crippen LogP contribution in [0.1, 0.15) is 103 Å². The topological polar surface area (TPSA) is 498 Å². The van der Waals surface area contributed by atoms with Crippen LogP contribution in [0.15, 0.2) is 68.2 Å². The lowest BCUT2D eigenvalue weighted by atomic mass is 9.84. The molecule has 4 aliphatic heterocycles. The van der Waals surface area contributed by atoms with Gasteiger partial charge in [-0.2, -0.15) is 0 Å². The SMILES string of the molecule is NC(N)=NCCCC(NC(=O)C1CC2CCCCC2N1C(=O)C1Cc2sccc2CN1C(=O)C(CO)NC(=O)C(Cc1cccs1)NC(=O)CNC(=O)C1CC(O)CN1C(=O)C1CCCN1C(=O)C(CCCN=C(N)N)NC(=O)c1ccc(N=C(N)N)cc1)C(=O)O. The van der Waals surface area contributed by atoms with Crippen LogP contribution < -0.4 is 61.0 Å². The van der Waals surface area contributed by atoms with Crippen molar-refractivity contribution in [1.82, 2.24) is 46.2 Å². The second-order valence-corrected chi connectivity index (χ2v) is 25.6. The standard InChI is InChI=1S/C59H82N18O13S2/c60-57(61)66-18-3-9-37(71-48(81)31-13-15-34(16-14-31)69-59(64)65)52(85)74-20-5-12-42(74)54(87)76-29-35(79)24-43(76)50(83)68-27-47(80)70-39(25-36-8-6-21-91-36)49(82)73-40(30-78)53(86)75-28-33-17-22-92-46(33)26-45(75)55(88)77-41-11-2-1-7-32(41)23-44(77)51(84)72-38(56(89)90)10-4-19-67-58(62)63/h6,8,13-17,21-22,32,35,37-45,78-79H,1-5,7,9-12,18-20,23-30H2,(H,68,83)(H,70,80)(H,71,81)(H,72,84)(H,73,82)(H,89,90)(H4,60,61,66)(H4,62,63,67)(H4,64,65,69). The summed E-state index contributed by atoms with van der Waals surface area (Å²) in [6.45, 7) is -1.62. The lowest BCUT2D eigenvalue weighted by Gasteiger charge is -2.42. The molecular formula is C59H82N18O13S2. The summed E-state index contributed by atoms with van der Waals surface area (Å²) in [7, 11) is 0. The molecule has 4 fully saturated rings. The van der Waals surface area contributed by atoms with Gasteiger partial charge in [0.15, 0.2) is 17.9 Å². The van der Waals surface area contributed by atoms with Crippen molar-refractivity contribution in [2.75, 3.05) is 39.3 Å². The van der Waals surface area contributed by atoms with E-state index in [2.05, 4.69) is 41.6 Å². The zero-order valence-corrected chi connectivity index (χ0v) is 52.4. The number of rotatable bonds is 27. The summed E-state index contributed by atoms with van der Waals surface area (Å²) in [5, 5.41) is 48.6. The molecule has 0 radical (unpaired) electrons. The number of guanidine groups is 3. The molecule has 2 aromatic heterocycles. The number of likely N-dealkylation sites (tertiary alicyclic amines) is 3. The molecule has 92 heavy (non-hydrogen) atoms. The molecule has 31 nitrogen and oxygen atoms in total. The number of aliphatic hydroxyl groups is 2. The number of aliphatic hydroxyl groups excluding tert-OH is 2. The van der Waals surface area contributed by atoms with Crippen LogP contribution >= 0.6 is 22.7 Å². The highest BCUT2D eigenvalue weighted by Crippen LogP contribution is 2.42. The number of carbonyl (C=O) groups is 10. The van der Waals surface area contributed by atoms with Crippen molar-refractivity contribution in [3.05, 3.63) is 74.1 Å². The third kappa shape index (κ3) is 17.5. The van der Waals surface area contributed by atoms with Gasteiger partial charge < -0.3 is 95.9 Å². The molecule has 8 rings (SSSR count). The summed E-state index contributed by atoms with van der Waals surface area (Å²) >= 11 is 2.66. The fourth-order valence-electron chi connectivity index (χ4n) is 12.8. The molecule has 3 saturated heterocycles. The quantitative estimate of drug-likeness (QED) is 0.0204. The van der Waals surface area contributed by atoms with E-state index in [1.54, 1.807) is 17.5 Å². The molecule has 0 bridgehead atoms. The first kappa shape index (κ1) is 68.9. The fourth-order valence-corrected chi connectivity index (χ4v) is 14.5. The molecule has 5 aliphatic rings. The van der Waals surface area contributed by atoms with Crippen LogP contribution in [-0.2, 0) is 62.5 Å². The number of fused-ring (bicyclic) bond motifs is 2. The van der Waals surface area contributed by atoms with Crippen molar-refractivity contribution < 1.29 is 63.3 Å². The number of benzene rings is 1. The Hall–Kier alpha value is -8.95. The van der Waals surface area contributed by atoms with Gasteiger partial charge in [0.1, 0.15) is 48.3 Å². The van der Waals surface area contributed by atoms with Crippen LogP contribution in [0.4, 0.5) is 5.69 Å². The van der Waals surface area contributed by atoms with Gasteiger partial charge in [0.25, 0.3) is 5.91 Å². The molecule has 498 valence electrons. The van der Waals surface area contributed by atoms with Gasteiger partial charge in [0.05, 0.1) is 24.9 Å². The molecular weight excluding hydrogens is 1230 g/mol. The largest absolute Gasteiger partial charge is 0.480 e. The number of nitrogens with zero attached hydrogens (tertiary/aromatic N) is 7. The van der Waals surface area contributed by atoms with Crippen LogP contribution in [0.2, 0.25) is 0 Å². The Morgan fingerprint density at radius 1 is 0.652 bits per heavy atom. The van der Waals surface area contributed by atoms with Crippen molar-refractivity contribution in [3.63, 3.8) is 0 Å². The Bertz CT molecular complexity index is 3260. The van der Waals surface area contributed by atoms with Gasteiger partial charge in [0.2, 0.25) is 47.3 Å². The molecule has 9 amide bonds. The maximum Gasteiger partial charge on any atom is 0.326 e. The highest BCUT2D eigenvalue weighted by molar-refractivity contribution is 7.10. The minimum absolute atomic E-state index is 0.00439. The lowest BCUT2D eigenvalue weighted by molar-refractivity contribution is -0.153. The normalized spacial score (nSPS) is 22.0. The van der Waals surface area contributed by atoms with Gasteiger partial charge in [-0.1, -0.05) is 18.9 Å². The zero-order chi connectivity index (χ0) is 66.3. The van der Waals surface area contributed by atoms with Gasteiger partial charge >= 0.3 is 5.97 Å². The summed E-state index contributed by atoms with van der Waals surface area (Å²) in [5.41, 5.74) is 34.2. The molecule has 1 aromatic carbocycles. The molecule has 11 atom stereocenters. The maximum absolute atomic E-state index is 15.3. The number of hydrogen-bond donors (Lipinski definition) is 14. The molecule has 6 heterocycles. The minimum atomic E-state index is -1.65. The van der Waals surface area contributed by atoms with Gasteiger partial charge in [0, 0.05) is 73.3 Å². The summed E-state index contributed by atoms with van der Waals surface area (Å²) in [5.74, 6) is -8.29. The number of nitrogens with one attached hydrogen (secondary N) is 5. The predicted molar refractivity (Wildman–Crippen MR) is 339 cm³/mol. The van der Waals surface area contributed by atoms with E-state index >= 15 is 4.79 Å². The number of carbonyl (C=O) groups excluding carboxylic acids is 9. The highest BCUT2D eigenvalue weighted by atomic mass is 32.1. The van der Waals surface area contributed by atoms with Crippen LogP contribution in [-0.4, -0.2) is 212 Å². The van der Waals surface area contributed by atoms with E-state index in [0.29, 0.717) is 23.4 Å². The summed E-state index contributed by atoms with van der Waals surface area (Å²) in [6, 6.07) is 0.657. The minimum Gasteiger partial charge on any atom is -0.480 e. The molecule has 1 saturated carbocycles. The Labute approximate surface area is 538 Å². The molecule has 3 aromatic rings. The Kier molecular flexibility index (Phi) is 23.9. The summed E-state index contributed by atoms with van der Waals surface area (Å²) in [4.78, 5) is 160. The smallest absolute Gasteiger partial charge is 0.326 e. The maximum atomic E-state index is 15.3. The van der Waals surface area contributed by atoms with Gasteiger partial charge in [-0.25, -0.2) is 9.79 Å². The number of nitrogens with two attached hydrogens (primary N) is 6. The molecule has 11 unspecified atom stereocenters. The first-order valence-electron chi connectivity index (χ1n) is 30.6. The molecule has 20 N–H and O–H groups in total. The van der Waals surface area contributed by atoms with E-state index < -0.39 is 127 Å². The number of carboxylic acids is 1. The number of amides is 9. The van der Waals surface area contributed by atoms with Crippen LogP contribution in [0.3, 0.4) is 0 Å². The lowest BCUT2D eigenvalue weighted by Crippen LogP contribution is -2.62. The third-order valence-corrected chi connectivity index (χ3v) is 19.1. The van der Waals surface area contributed by atoms with Crippen molar-refractivity contribution in [1.29, 1.82) is 0 Å². The third-order valence-electron chi connectivity index (χ3n) is 17.2. The van der Waals surface area contributed by atoms with E-state index in [9.17, 15) is 58.5 Å². The average Bonchev–Trinajstić information content (AvgIpc) is 1.56. The number of hydrogen-bond acceptors (Lipinski definition) is 17. The summed E-state index contributed by atoms with van der Waals surface area (Å²) in [6.07, 6.45) is 2.97. The Balaban J connectivity index is 0.925. The Morgan fingerprint density at radius 2 is 1.35 bits per heavy atom. The highest BCUT2D eigenvalue weighted by Gasteiger charge is 2.52. The summed E-state index contributed by atoms with van der Waals surface area (Å²) < 4.78 is 0. The van der Waals surface area contributed by atoms with Gasteiger partial charge in [-0.05, 0) is 116 Å². The van der Waals surface area contributed by atoms with Crippen molar-refractivity contribution in [2.24, 2.45) is 55.3 Å². The molecule has 33 heteroatoms. The van der Waals surface area contributed by atoms with E-state index in [1.807, 2.05) is 11.4 Å². The molecule has 0 spiro atoms. The van der Waals surface area contributed by atoms with E-state index in [-0.39, 0.29) is 126 Å². The monoisotopic (exact) mass is 1310 g/mol. The first-order valence-corrected chi connectivity index (χ1v) is 32.4. The van der Waals surface area contributed by atoms with E-state index in [1.165, 1.54) is 61.6 Å². The van der Waals surface area contributed by atoms with Crippen LogP contribution in [0.5, 0.6) is 0 Å². The van der Waals surface area contributed by atoms with Crippen LogP contribution in [0, 0.1) is 5.92 Å². The van der Waals surface area contributed by atoms with Crippen molar-refractivity contribution in [3.8, 4) is 0 Å².